The molecule has 0 radical (unpaired) electrons. The lowest BCUT2D eigenvalue weighted by Gasteiger charge is -2.16. The van der Waals surface area contributed by atoms with Gasteiger partial charge in [-0.05, 0) is 0 Å². The number of hydrogen-bond donors (Lipinski definition) is 8. The number of nitrogen functional groups attached to an aromatic ring is 1. The van der Waals surface area contributed by atoms with E-state index < -0.39 is 108 Å². The van der Waals surface area contributed by atoms with Gasteiger partial charge >= 0.3 is 47.3 Å². The van der Waals surface area contributed by atoms with Gasteiger partial charge in [-0.1, -0.05) is 0 Å². The molecule has 2 aliphatic heterocycles. The summed E-state index contributed by atoms with van der Waals surface area (Å²) in [6.07, 6.45) is -5.75. The van der Waals surface area contributed by atoms with Gasteiger partial charge in [-0.2, -0.15) is 38.7 Å². The highest BCUT2D eigenvalue weighted by Crippen LogP contribution is 2.34. The van der Waals surface area contributed by atoms with E-state index in [0.717, 1.165) is 6.33 Å². The average Bonchev–Trinajstić information content (AvgIpc) is 3.78. The Morgan fingerprint density at radius 3 is 1.67 bits per heavy atom. The van der Waals surface area contributed by atoms with Crippen LogP contribution in [-0.2, 0) is 67.8 Å². The van der Waals surface area contributed by atoms with Crippen molar-refractivity contribution in [1.82, 2.24) is 39.0 Å². The predicted molar refractivity (Wildman–Crippen MR) is 168 cm³/mol. The van der Waals surface area contributed by atoms with Gasteiger partial charge in [-0.3, -0.25) is 51.9 Å². The van der Waals surface area contributed by atoms with Crippen molar-refractivity contribution in [3.8, 4) is 0 Å². The van der Waals surface area contributed by atoms with Crippen LogP contribution in [0.25, 0.3) is 22.3 Å². The molecule has 2 aliphatic rings. The van der Waals surface area contributed by atoms with Gasteiger partial charge < -0.3 is 15.2 Å². The molecule has 2 fully saturated rings. The summed E-state index contributed by atoms with van der Waals surface area (Å²) in [6.45, 7) is -1.64. The second-order valence-electron chi connectivity index (χ2n) is 10.8. The van der Waals surface area contributed by atoms with Gasteiger partial charge in [0.15, 0.2) is 16.7 Å². The van der Waals surface area contributed by atoms with Gasteiger partial charge in [-0.15, -0.1) is 0 Å². The first-order valence-corrected chi connectivity index (χ1v) is 19.6. The molecule has 0 bridgehead atoms. The first-order valence-electron chi connectivity index (χ1n) is 14.1. The van der Waals surface area contributed by atoms with Crippen LogP contribution in [0.4, 0.5) is 5.95 Å². The molecular formula is C20H25N9O21S4. The Balaban J connectivity index is 0.000000208. The number of fused-ring (bicyclic) bond motifs is 2. The van der Waals surface area contributed by atoms with Crippen LogP contribution in [0, 0.1) is 0 Å². The van der Waals surface area contributed by atoms with Gasteiger partial charge in [-0.25, -0.2) is 31.5 Å². The molecule has 0 unspecified atom stereocenters. The van der Waals surface area contributed by atoms with Crippen molar-refractivity contribution in [1.29, 1.82) is 0 Å². The summed E-state index contributed by atoms with van der Waals surface area (Å²) in [6, 6.07) is 0. The highest BCUT2D eigenvalue weighted by atomic mass is 32.3. The highest BCUT2D eigenvalue weighted by Gasteiger charge is 2.42. The normalized spacial score (nSPS) is 23.9. The van der Waals surface area contributed by atoms with Gasteiger partial charge in [0.25, 0.3) is 11.1 Å². The van der Waals surface area contributed by atoms with E-state index >= 15 is 0 Å². The Morgan fingerprint density at radius 2 is 1.17 bits per heavy atom. The molecule has 300 valence electrons. The van der Waals surface area contributed by atoms with E-state index in [9.17, 15) is 48.1 Å². The summed E-state index contributed by atoms with van der Waals surface area (Å²) in [5, 5.41) is 0. The summed E-state index contributed by atoms with van der Waals surface area (Å²) in [5.41, 5.74) is 3.02. The van der Waals surface area contributed by atoms with Crippen LogP contribution in [0.1, 0.15) is 25.3 Å². The van der Waals surface area contributed by atoms with Crippen molar-refractivity contribution in [3.63, 3.8) is 0 Å². The minimum atomic E-state index is -4.93. The summed E-state index contributed by atoms with van der Waals surface area (Å²) in [5.74, 6) is -0.204. The summed E-state index contributed by atoms with van der Waals surface area (Å²) < 4.78 is 152. The molecule has 6 atom stereocenters. The standard InChI is InChI=1S/C10H13N5O10S2.C10H12N4O11S2/c11-10-13-8-7(9(16)14-10)12-3-15(8)6-1-4(25-27(20,21)22)5(24-6)2-23-26(17,18)19;15-9-7-8(12-10(16)13-9)14(3-11-7)6-1-4(25-27(20,21)22)5(24-6)2-23-26(17,18)19/h3-6H,1-2H2,(H,17,18,19)(H,20,21,22)(H3,11,13,14,16);3-6H,1-2H2,(H,17,18,19)(H,20,21,22)(H2,12,13,15,16)/t2*4-,5+,6+/m00/s1. The zero-order chi connectivity index (χ0) is 40.0. The molecule has 0 aromatic carbocycles. The number of nitrogens with zero attached hydrogens (tertiary/aromatic N) is 5. The highest BCUT2D eigenvalue weighted by molar-refractivity contribution is 7.81. The number of imidazole rings is 2. The second kappa shape index (κ2) is 15.1. The number of nitrogens with two attached hydrogens (primary N) is 1. The lowest BCUT2D eigenvalue weighted by Crippen LogP contribution is -2.32. The van der Waals surface area contributed by atoms with Crippen molar-refractivity contribution in [2.45, 2.75) is 49.7 Å². The molecule has 6 heterocycles. The first kappa shape index (κ1) is 40.9. The number of aromatic amines is 3. The molecule has 30 nitrogen and oxygen atoms in total. The molecule has 9 N–H and O–H groups in total. The van der Waals surface area contributed by atoms with Crippen molar-refractivity contribution >= 4 is 69.9 Å². The Bertz CT molecular complexity index is 2670. The molecule has 4 aromatic rings. The fraction of sp³-hybridized carbons (Fsp3) is 0.500. The Hall–Kier alpha value is -4.30. The molecule has 0 spiro atoms. The number of anilines is 1. The monoisotopic (exact) mass is 855 g/mol. The SMILES string of the molecule is Nc1nc2c(ncn2[C@H]2C[C@H](OS(=O)(=O)O)[C@@H](COS(=O)(=O)O)O2)c(=O)[nH]1.O=c1[nH]c(=O)c2ncn([C@H]3C[C@H](OS(=O)(=O)O)[C@@H](COS(=O)(=O)O)O3)c2[nH]1. The van der Waals surface area contributed by atoms with Crippen LogP contribution in [0.5, 0.6) is 0 Å². The van der Waals surface area contributed by atoms with Crippen molar-refractivity contribution in [2.24, 2.45) is 0 Å². The molecule has 2 saturated heterocycles. The zero-order valence-corrected chi connectivity index (χ0v) is 29.4. The van der Waals surface area contributed by atoms with Crippen LogP contribution in [0.15, 0.2) is 27.0 Å². The van der Waals surface area contributed by atoms with Crippen LogP contribution in [0.2, 0.25) is 0 Å². The van der Waals surface area contributed by atoms with E-state index in [-0.39, 0.29) is 41.1 Å². The van der Waals surface area contributed by atoms with Crippen LogP contribution < -0.4 is 22.5 Å². The predicted octanol–water partition coefficient (Wildman–Crippen LogP) is -4.30. The fourth-order valence-electron chi connectivity index (χ4n) is 5.19. The zero-order valence-electron chi connectivity index (χ0n) is 26.1. The number of ether oxygens (including phenoxy) is 2. The summed E-state index contributed by atoms with van der Waals surface area (Å²) in [7, 11) is -19.5. The van der Waals surface area contributed by atoms with Gasteiger partial charge in [0.2, 0.25) is 5.95 Å². The smallest absolute Gasteiger partial charge is 0.369 e. The number of hydrogen-bond acceptors (Lipinski definition) is 21. The third kappa shape index (κ3) is 10.5. The van der Waals surface area contributed by atoms with Crippen LogP contribution in [-0.4, -0.2) is 129 Å². The Morgan fingerprint density at radius 1 is 0.704 bits per heavy atom. The molecular weight excluding hydrogens is 831 g/mol. The molecule has 4 aromatic heterocycles. The van der Waals surface area contributed by atoms with Crippen molar-refractivity contribution < 1.29 is 78.1 Å². The topological polar surface area (TPSA) is 446 Å². The number of rotatable bonds is 12. The number of H-pyrrole nitrogens is 3. The van der Waals surface area contributed by atoms with Gasteiger partial charge in [0.1, 0.15) is 42.5 Å². The van der Waals surface area contributed by atoms with Gasteiger partial charge in [0, 0.05) is 12.8 Å². The lowest BCUT2D eigenvalue weighted by atomic mass is 10.2. The molecule has 0 saturated carbocycles. The average molecular weight is 856 g/mol. The number of nitrogens with one attached hydrogen (secondary N) is 3. The van der Waals surface area contributed by atoms with Crippen LogP contribution >= 0.6 is 0 Å². The molecule has 34 heteroatoms. The van der Waals surface area contributed by atoms with E-state index in [1.165, 1.54) is 15.5 Å². The van der Waals surface area contributed by atoms with Crippen LogP contribution in [0.3, 0.4) is 0 Å². The largest absolute Gasteiger partial charge is 0.397 e. The summed E-state index contributed by atoms with van der Waals surface area (Å²) in [4.78, 5) is 53.1. The van der Waals surface area contributed by atoms with E-state index in [4.69, 9.17) is 33.4 Å². The van der Waals surface area contributed by atoms with E-state index in [1.54, 1.807) is 0 Å². The minimum Gasteiger partial charge on any atom is -0.369 e. The summed E-state index contributed by atoms with van der Waals surface area (Å²) >= 11 is 0. The van der Waals surface area contributed by atoms with E-state index in [2.05, 4.69) is 41.7 Å². The van der Waals surface area contributed by atoms with Gasteiger partial charge in [0.05, 0.1) is 25.9 Å². The fourth-order valence-corrected chi connectivity index (χ4v) is 6.83. The Kier molecular flexibility index (Phi) is 11.4. The third-order valence-corrected chi connectivity index (χ3v) is 9.00. The quantitative estimate of drug-likeness (QED) is 0.0625. The molecule has 6 rings (SSSR count). The van der Waals surface area contributed by atoms with E-state index in [0.29, 0.717) is 0 Å². The molecule has 54 heavy (non-hydrogen) atoms. The van der Waals surface area contributed by atoms with Crippen molar-refractivity contribution in [2.75, 3.05) is 18.9 Å². The maximum Gasteiger partial charge on any atom is 0.397 e. The first-order chi connectivity index (χ1) is 24.9. The third-order valence-electron chi connectivity index (χ3n) is 7.15. The Labute approximate surface area is 299 Å². The maximum absolute atomic E-state index is 11.8. The minimum absolute atomic E-state index is 0.0169. The molecule has 0 amide bonds. The lowest BCUT2D eigenvalue weighted by molar-refractivity contribution is -0.0351. The second-order valence-corrected chi connectivity index (χ2v) is 15.1. The number of aromatic nitrogens is 8. The maximum atomic E-state index is 11.8. The van der Waals surface area contributed by atoms with E-state index in [1.807, 2.05) is 4.98 Å². The molecule has 0 aliphatic carbocycles. The van der Waals surface area contributed by atoms with Crippen molar-refractivity contribution in [3.05, 3.63) is 43.8 Å².